The Morgan fingerprint density at radius 2 is 1.69 bits per heavy atom. The van der Waals surface area contributed by atoms with E-state index in [1.54, 1.807) is 26.5 Å². The Morgan fingerprint density at radius 1 is 1.03 bits per heavy atom. The van der Waals surface area contributed by atoms with Crippen molar-refractivity contribution in [3.8, 4) is 22.6 Å². The van der Waals surface area contributed by atoms with Gasteiger partial charge in [0, 0.05) is 29.3 Å². The number of hydrogen-bond acceptors (Lipinski definition) is 7. The average Bonchev–Trinajstić information content (AvgIpc) is 3.24. The zero-order valence-corrected chi connectivity index (χ0v) is 22.5. The molecule has 1 unspecified atom stereocenters. The van der Waals surface area contributed by atoms with E-state index in [1.165, 1.54) is 0 Å². The molecule has 1 fully saturated rings. The summed E-state index contributed by atoms with van der Waals surface area (Å²) in [5.41, 5.74) is 1.61. The van der Waals surface area contributed by atoms with Crippen LogP contribution in [-0.4, -0.2) is 48.0 Å². The van der Waals surface area contributed by atoms with Crippen LogP contribution in [0.1, 0.15) is 40.0 Å². The van der Waals surface area contributed by atoms with Crippen molar-refractivity contribution in [2.75, 3.05) is 19.5 Å². The molecule has 10 heteroatoms. The normalized spacial score (nSPS) is 17.6. The molecular formula is C26H30Cl2N4O4. The van der Waals surface area contributed by atoms with E-state index in [0.29, 0.717) is 33.1 Å². The lowest BCUT2D eigenvalue weighted by Gasteiger charge is -2.25. The molecule has 3 aromatic rings. The summed E-state index contributed by atoms with van der Waals surface area (Å²) >= 11 is 13.2. The number of carbonyl (C=O) groups is 1. The number of halogens is 2. The first kappa shape index (κ1) is 26.1. The lowest BCUT2D eigenvalue weighted by molar-refractivity contribution is 0.0503. The van der Waals surface area contributed by atoms with E-state index in [1.807, 2.05) is 39.0 Å². The monoisotopic (exact) mass is 532 g/mol. The summed E-state index contributed by atoms with van der Waals surface area (Å²) in [6, 6.07) is 7.32. The van der Waals surface area contributed by atoms with Crippen molar-refractivity contribution in [1.29, 1.82) is 0 Å². The molecule has 2 aromatic carbocycles. The van der Waals surface area contributed by atoms with E-state index in [4.69, 9.17) is 37.4 Å². The van der Waals surface area contributed by atoms with Crippen molar-refractivity contribution in [3.63, 3.8) is 0 Å². The van der Waals surface area contributed by atoms with Gasteiger partial charge in [-0.25, -0.2) is 14.8 Å². The molecule has 0 saturated heterocycles. The number of rotatable bonds is 6. The Morgan fingerprint density at radius 3 is 2.33 bits per heavy atom. The van der Waals surface area contributed by atoms with Crippen LogP contribution in [-0.2, 0) is 4.74 Å². The molecule has 1 aliphatic carbocycles. The SMILES string of the molecule is COc1cc(OC)c(Cl)c(-c2ccc3nc(NC4CCC[C@@H]4NC(=O)OC(C)(C)C)ncc3c2)c1Cl. The second-order valence-electron chi connectivity index (χ2n) is 9.69. The highest BCUT2D eigenvalue weighted by Gasteiger charge is 2.30. The maximum absolute atomic E-state index is 12.2. The fourth-order valence-electron chi connectivity index (χ4n) is 4.33. The van der Waals surface area contributed by atoms with E-state index in [0.717, 1.165) is 35.7 Å². The van der Waals surface area contributed by atoms with Crippen LogP contribution in [0.3, 0.4) is 0 Å². The van der Waals surface area contributed by atoms with E-state index in [-0.39, 0.29) is 12.1 Å². The fourth-order valence-corrected chi connectivity index (χ4v) is 5.05. The minimum Gasteiger partial charge on any atom is -0.495 e. The molecule has 1 aliphatic rings. The predicted molar refractivity (Wildman–Crippen MR) is 143 cm³/mol. The number of alkyl carbamates (subject to hydrolysis) is 1. The number of nitrogens with one attached hydrogen (secondary N) is 2. The van der Waals surface area contributed by atoms with Crippen LogP contribution in [0.15, 0.2) is 30.5 Å². The first-order chi connectivity index (χ1) is 17.1. The molecular weight excluding hydrogens is 503 g/mol. The maximum atomic E-state index is 12.2. The molecule has 1 heterocycles. The van der Waals surface area contributed by atoms with Gasteiger partial charge in [-0.1, -0.05) is 29.3 Å². The molecule has 0 radical (unpaired) electrons. The first-order valence-corrected chi connectivity index (χ1v) is 12.5. The standard InChI is InChI=1S/C26H30Cl2N4O4/c1-26(2,3)36-25(33)32-18-8-6-7-17(18)31-24-29-13-15-11-14(9-10-16(15)30-24)21-22(27)19(34-4)12-20(35-5)23(21)28/h9-13,17-18H,6-8H2,1-5H3,(H,32,33)(H,29,30,31)/t17?,18-/m0/s1. The van der Waals surface area contributed by atoms with Gasteiger partial charge in [0.1, 0.15) is 17.1 Å². The average molecular weight is 533 g/mol. The van der Waals surface area contributed by atoms with Crippen LogP contribution in [0.2, 0.25) is 10.0 Å². The van der Waals surface area contributed by atoms with Crippen LogP contribution >= 0.6 is 23.2 Å². The topological polar surface area (TPSA) is 94.6 Å². The highest BCUT2D eigenvalue weighted by Crippen LogP contribution is 2.46. The molecule has 2 atom stereocenters. The number of aromatic nitrogens is 2. The largest absolute Gasteiger partial charge is 0.495 e. The molecule has 2 N–H and O–H groups in total. The number of ether oxygens (including phenoxy) is 3. The fraction of sp³-hybridized carbons (Fsp3) is 0.423. The van der Waals surface area contributed by atoms with Gasteiger partial charge in [0.25, 0.3) is 0 Å². The number of anilines is 1. The third-order valence-corrected chi connectivity index (χ3v) is 6.73. The van der Waals surface area contributed by atoms with Gasteiger partial charge in [0.2, 0.25) is 5.95 Å². The third-order valence-electron chi connectivity index (χ3n) is 5.97. The highest BCUT2D eigenvalue weighted by molar-refractivity contribution is 6.41. The smallest absolute Gasteiger partial charge is 0.407 e. The minimum absolute atomic E-state index is 0.0103. The number of methoxy groups -OCH3 is 2. The lowest BCUT2D eigenvalue weighted by atomic mass is 10.0. The highest BCUT2D eigenvalue weighted by atomic mass is 35.5. The van der Waals surface area contributed by atoms with Gasteiger partial charge in [0.05, 0.1) is 35.8 Å². The second kappa shape index (κ2) is 10.6. The van der Waals surface area contributed by atoms with Gasteiger partial charge < -0.3 is 24.8 Å². The summed E-state index contributed by atoms with van der Waals surface area (Å²) in [6.45, 7) is 5.54. The molecule has 1 aromatic heterocycles. The number of nitrogens with zero attached hydrogens (tertiary/aromatic N) is 2. The van der Waals surface area contributed by atoms with Crippen molar-refractivity contribution >= 4 is 46.1 Å². The number of benzene rings is 2. The predicted octanol–water partition coefficient (Wildman–Crippen LogP) is 6.48. The summed E-state index contributed by atoms with van der Waals surface area (Å²) in [6.07, 6.45) is 4.08. The van der Waals surface area contributed by atoms with E-state index in [9.17, 15) is 4.79 Å². The Bertz CT molecular complexity index is 1250. The first-order valence-electron chi connectivity index (χ1n) is 11.7. The van der Waals surface area contributed by atoms with Gasteiger partial charge in [0.15, 0.2) is 0 Å². The number of hydrogen-bond donors (Lipinski definition) is 2. The van der Waals surface area contributed by atoms with Crippen LogP contribution in [0.25, 0.3) is 22.0 Å². The molecule has 1 saturated carbocycles. The van der Waals surface area contributed by atoms with Crippen molar-refractivity contribution in [2.24, 2.45) is 0 Å². The maximum Gasteiger partial charge on any atom is 0.407 e. The molecule has 0 spiro atoms. The van der Waals surface area contributed by atoms with Crippen molar-refractivity contribution in [3.05, 3.63) is 40.5 Å². The number of fused-ring (bicyclic) bond motifs is 1. The summed E-state index contributed by atoms with van der Waals surface area (Å²) in [7, 11) is 3.08. The number of amides is 1. The van der Waals surface area contributed by atoms with Gasteiger partial charge in [-0.05, 0) is 57.7 Å². The van der Waals surface area contributed by atoms with Gasteiger partial charge in [-0.3, -0.25) is 0 Å². The molecule has 36 heavy (non-hydrogen) atoms. The molecule has 4 rings (SSSR count). The molecule has 8 nitrogen and oxygen atoms in total. The van der Waals surface area contributed by atoms with Gasteiger partial charge >= 0.3 is 6.09 Å². The summed E-state index contributed by atoms with van der Waals surface area (Å²) in [5, 5.41) is 7.96. The van der Waals surface area contributed by atoms with E-state index in [2.05, 4.69) is 20.6 Å². The van der Waals surface area contributed by atoms with Crippen molar-refractivity contribution in [2.45, 2.75) is 57.7 Å². The zero-order chi connectivity index (χ0) is 26.0. The van der Waals surface area contributed by atoms with Crippen LogP contribution in [0, 0.1) is 0 Å². The van der Waals surface area contributed by atoms with Crippen molar-refractivity contribution in [1.82, 2.24) is 15.3 Å². The molecule has 0 bridgehead atoms. The molecule has 192 valence electrons. The summed E-state index contributed by atoms with van der Waals surface area (Å²) < 4.78 is 16.2. The van der Waals surface area contributed by atoms with E-state index < -0.39 is 11.7 Å². The summed E-state index contributed by atoms with van der Waals surface area (Å²) in [5.74, 6) is 1.43. The van der Waals surface area contributed by atoms with Gasteiger partial charge in [-0.2, -0.15) is 0 Å². The van der Waals surface area contributed by atoms with Gasteiger partial charge in [-0.15, -0.1) is 0 Å². The lowest BCUT2D eigenvalue weighted by Crippen LogP contribution is -2.45. The van der Waals surface area contributed by atoms with Crippen LogP contribution < -0.4 is 20.1 Å². The minimum atomic E-state index is -0.545. The Balaban J connectivity index is 1.56. The Kier molecular flexibility index (Phi) is 7.66. The molecule has 0 aliphatic heterocycles. The van der Waals surface area contributed by atoms with Crippen LogP contribution in [0.5, 0.6) is 11.5 Å². The Hall–Kier alpha value is -2.97. The quantitative estimate of drug-likeness (QED) is 0.375. The van der Waals surface area contributed by atoms with Crippen molar-refractivity contribution < 1.29 is 19.0 Å². The third kappa shape index (κ3) is 5.71. The zero-order valence-electron chi connectivity index (χ0n) is 20.9. The molecule has 1 amide bonds. The second-order valence-corrected chi connectivity index (χ2v) is 10.4. The number of carbonyl (C=O) groups excluding carboxylic acids is 1. The summed E-state index contributed by atoms with van der Waals surface area (Å²) in [4.78, 5) is 21.4. The van der Waals surface area contributed by atoms with E-state index >= 15 is 0 Å². The Labute approximate surface area is 220 Å². The van der Waals surface area contributed by atoms with Crippen LogP contribution in [0.4, 0.5) is 10.7 Å².